The Balaban J connectivity index is 1.33. The van der Waals surface area contributed by atoms with Gasteiger partial charge in [0.1, 0.15) is 18.5 Å². The lowest BCUT2D eigenvalue weighted by Crippen LogP contribution is -2.45. The fourth-order valence-corrected chi connectivity index (χ4v) is 3.54. The Morgan fingerprint density at radius 3 is 2.92 bits per heavy atom. The zero-order valence-corrected chi connectivity index (χ0v) is 14.6. The van der Waals surface area contributed by atoms with Gasteiger partial charge in [-0.25, -0.2) is 0 Å². The SMILES string of the molecule is O=C(NCC(O)c1cc(-c2ccco2)cs1)C1COc2ccccc2O1. The molecule has 0 spiro atoms. The van der Waals surface area contributed by atoms with Crippen LogP contribution in [0.2, 0.25) is 0 Å². The van der Waals surface area contributed by atoms with Crippen LogP contribution in [0.4, 0.5) is 0 Å². The number of ether oxygens (including phenoxy) is 2. The zero-order valence-electron chi connectivity index (χ0n) is 13.8. The fraction of sp³-hybridized carbons (Fsp3) is 0.211. The summed E-state index contributed by atoms with van der Waals surface area (Å²) < 4.78 is 16.5. The minimum atomic E-state index is -0.801. The molecule has 0 bridgehead atoms. The highest BCUT2D eigenvalue weighted by Crippen LogP contribution is 2.31. The van der Waals surface area contributed by atoms with Gasteiger partial charge in [0.2, 0.25) is 6.10 Å². The van der Waals surface area contributed by atoms with Crippen LogP contribution in [0.15, 0.2) is 58.5 Å². The molecule has 1 amide bonds. The summed E-state index contributed by atoms with van der Waals surface area (Å²) in [4.78, 5) is 13.0. The summed E-state index contributed by atoms with van der Waals surface area (Å²) in [6.45, 7) is 0.235. The molecule has 2 N–H and O–H groups in total. The van der Waals surface area contributed by atoms with E-state index >= 15 is 0 Å². The first-order chi connectivity index (χ1) is 12.7. The molecule has 3 aromatic rings. The number of carbonyl (C=O) groups excluding carboxylic acids is 1. The Hall–Kier alpha value is -2.77. The summed E-state index contributed by atoms with van der Waals surface area (Å²) in [5.41, 5.74) is 0.904. The van der Waals surface area contributed by atoms with E-state index < -0.39 is 12.2 Å². The molecule has 2 aromatic heterocycles. The normalized spacial score (nSPS) is 16.9. The first-order valence-corrected chi connectivity index (χ1v) is 9.05. The number of amides is 1. The summed E-state index contributed by atoms with van der Waals surface area (Å²) in [5.74, 6) is 1.60. The molecule has 26 heavy (non-hydrogen) atoms. The molecule has 0 radical (unpaired) electrons. The highest BCUT2D eigenvalue weighted by molar-refractivity contribution is 7.10. The number of furan rings is 1. The number of carbonyl (C=O) groups is 1. The van der Waals surface area contributed by atoms with E-state index in [1.54, 1.807) is 18.4 Å². The van der Waals surface area contributed by atoms with Crippen LogP contribution < -0.4 is 14.8 Å². The van der Waals surface area contributed by atoms with Gasteiger partial charge >= 0.3 is 0 Å². The van der Waals surface area contributed by atoms with Crippen LogP contribution >= 0.6 is 11.3 Å². The lowest BCUT2D eigenvalue weighted by atomic mass is 10.2. The Kier molecular flexibility index (Phi) is 4.64. The first-order valence-electron chi connectivity index (χ1n) is 8.17. The average Bonchev–Trinajstić information content (AvgIpc) is 3.36. The molecule has 0 aliphatic carbocycles. The molecule has 2 unspecified atom stereocenters. The number of hydrogen-bond donors (Lipinski definition) is 2. The van der Waals surface area contributed by atoms with Crippen LogP contribution in [0.3, 0.4) is 0 Å². The largest absolute Gasteiger partial charge is 0.485 e. The number of benzene rings is 1. The molecule has 2 atom stereocenters. The quantitative estimate of drug-likeness (QED) is 0.721. The molecular weight excluding hydrogens is 354 g/mol. The van der Waals surface area contributed by atoms with Crippen molar-refractivity contribution in [3.63, 3.8) is 0 Å². The van der Waals surface area contributed by atoms with E-state index in [4.69, 9.17) is 13.9 Å². The first kappa shape index (κ1) is 16.7. The molecular formula is C19H17NO5S. The molecule has 0 fully saturated rings. The lowest BCUT2D eigenvalue weighted by molar-refractivity contribution is -0.130. The maximum atomic E-state index is 12.3. The van der Waals surface area contributed by atoms with Gasteiger partial charge in [0.15, 0.2) is 11.5 Å². The van der Waals surface area contributed by atoms with E-state index in [2.05, 4.69) is 5.32 Å². The van der Waals surface area contributed by atoms with Gasteiger partial charge in [-0.1, -0.05) is 12.1 Å². The van der Waals surface area contributed by atoms with Crippen molar-refractivity contribution in [3.05, 3.63) is 59.0 Å². The molecule has 1 aromatic carbocycles. The predicted octanol–water partition coefficient (Wildman–Crippen LogP) is 3.00. The Morgan fingerprint density at radius 1 is 1.27 bits per heavy atom. The number of rotatable bonds is 5. The molecule has 3 heterocycles. The van der Waals surface area contributed by atoms with Crippen LogP contribution in [-0.2, 0) is 4.79 Å². The van der Waals surface area contributed by atoms with Crippen LogP contribution in [0.1, 0.15) is 11.0 Å². The number of para-hydroxylation sites is 2. The van der Waals surface area contributed by atoms with Crippen molar-refractivity contribution < 1.29 is 23.8 Å². The van der Waals surface area contributed by atoms with E-state index in [9.17, 15) is 9.90 Å². The van der Waals surface area contributed by atoms with E-state index in [1.165, 1.54) is 11.3 Å². The van der Waals surface area contributed by atoms with E-state index in [1.807, 2.05) is 35.7 Å². The zero-order chi connectivity index (χ0) is 17.9. The fourth-order valence-electron chi connectivity index (χ4n) is 2.66. The van der Waals surface area contributed by atoms with Crippen LogP contribution in [0, 0.1) is 0 Å². The van der Waals surface area contributed by atoms with E-state index in [-0.39, 0.29) is 19.1 Å². The Morgan fingerprint density at radius 2 is 2.12 bits per heavy atom. The highest BCUT2D eigenvalue weighted by Gasteiger charge is 2.27. The van der Waals surface area contributed by atoms with Gasteiger partial charge in [0.25, 0.3) is 5.91 Å². The molecule has 6 nitrogen and oxygen atoms in total. The summed E-state index contributed by atoms with van der Waals surface area (Å²) >= 11 is 1.42. The summed E-state index contributed by atoms with van der Waals surface area (Å²) in [5, 5.41) is 15.0. The second kappa shape index (κ2) is 7.23. The van der Waals surface area contributed by atoms with Crippen molar-refractivity contribution >= 4 is 17.2 Å². The van der Waals surface area contributed by atoms with Gasteiger partial charge in [0.05, 0.1) is 6.26 Å². The van der Waals surface area contributed by atoms with Crippen molar-refractivity contribution in [2.75, 3.05) is 13.2 Å². The molecule has 1 aliphatic heterocycles. The topological polar surface area (TPSA) is 80.9 Å². The third-order valence-corrected chi connectivity index (χ3v) is 5.06. The third kappa shape index (κ3) is 3.44. The number of aliphatic hydroxyl groups is 1. The highest BCUT2D eigenvalue weighted by atomic mass is 32.1. The molecule has 134 valence electrons. The van der Waals surface area contributed by atoms with Crippen molar-refractivity contribution in [1.82, 2.24) is 5.32 Å². The second-order valence-electron chi connectivity index (χ2n) is 5.84. The van der Waals surface area contributed by atoms with Gasteiger partial charge in [-0.3, -0.25) is 4.79 Å². The summed E-state index contributed by atoms with van der Waals surface area (Å²) in [6.07, 6.45) is 0.0665. The van der Waals surface area contributed by atoms with Crippen molar-refractivity contribution in [1.29, 1.82) is 0 Å². The minimum absolute atomic E-state index is 0.0957. The summed E-state index contributed by atoms with van der Waals surface area (Å²) in [7, 11) is 0. The molecule has 0 saturated carbocycles. The average molecular weight is 371 g/mol. The smallest absolute Gasteiger partial charge is 0.264 e. The lowest BCUT2D eigenvalue weighted by Gasteiger charge is -2.25. The van der Waals surface area contributed by atoms with E-state index in [0.29, 0.717) is 11.5 Å². The number of nitrogens with one attached hydrogen (secondary N) is 1. The van der Waals surface area contributed by atoms with Gasteiger partial charge in [-0.05, 0) is 30.3 Å². The standard InChI is InChI=1S/C19H17NO5S/c21-13(18-8-12(11-26-18)14-6-3-7-23-14)9-20-19(22)17-10-24-15-4-1-2-5-16(15)25-17/h1-8,11,13,17,21H,9-10H2,(H,20,22). The molecule has 7 heteroatoms. The number of aliphatic hydroxyl groups excluding tert-OH is 1. The predicted molar refractivity (Wildman–Crippen MR) is 96.3 cm³/mol. The van der Waals surface area contributed by atoms with Crippen LogP contribution in [0.5, 0.6) is 11.5 Å². The van der Waals surface area contributed by atoms with E-state index in [0.717, 1.165) is 16.2 Å². The van der Waals surface area contributed by atoms with Crippen molar-refractivity contribution in [3.8, 4) is 22.8 Å². The Labute approximate surface area is 154 Å². The monoisotopic (exact) mass is 371 g/mol. The molecule has 0 saturated heterocycles. The number of thiophene rings is 1. The molecule has 4 rings (SSSR count). The maximum Gasteiger partial charge on any atom is 0.264 e. The maximum absolute atomic E-state index is 12.3. The van der Waals surface area contributed by atoms with Crippen molar-refractivity contribution in [2.45, 2.75) is 12.2 Å². The van der Waals surface area contributed by atoms with Crippen molar-refractivity contribution in [2.24, 2.45) is 0 Å². The van der Waals surface area contributed by atoms with Gasteiger partial charge in [0, 0.05) is 22.4 Å². The minimum Gasteiger partial charge on any atom is -0.485 e. The van der Waals surface area contributed by atoms with Crippen LogP contribution in [-0.4, -0.2) is 30.3 Å². The van der Waals surface area contributed by atoms with Gasteiger partial charge in [-0.15, -0.1) is 11.3 Å². The Bertz CT molecular complexity index is 889. The molecule has 1 aliphatic rings. The third-order valence-electron chi connectivity index (χ3n) is 4.02. The summed E-state index contributed by atoms with van der Waals surface area (Å²) in [6, 6.07) is 12.7. The second-order valence-corrected chi connectivity index (χ2v) is 6.78. The van der Waals surface area contributed by atoms with Gasteiger partial charge < -0.3 is 24.3 Å². The number of fused-ring (bicyclic) bond motifs is 1. The van der Waals surface area contributed by atoms with Crippen LogP contribution in [0.25, 0.3) is 11.3 Å². The number of hydrogen-bond acceptors (Lipinski definition) is 6. The van der Waals surface area contributed by atoms with Gasteiger partial charge in [-0.2, -0.15) is 0 Å².